The fourth-order valence-corrected chi connectivity index (χ4v) is 1.58. The number of hydrogen-bond acceptors (Lipinski definition) is 4. The highest BCUT2D eigenvalue weighted by molar-refractivity contribution is 5.90. The predicted molar refractivity (Wildman–Crippen MR) is 59.1 cm³/mol. The Morgan fingerprint density at radius 1 is 1.50 bits per heavy atom. The summed E-state index contributed by atoms with van der Waals surface area (Å²) in [5.74, 6) is 0. The van der Waals surface area contributed by atoms with Crippen molar-refractivity contribution < 1.29 is 9.66 Å². The third-order valence-electron chi connectivity index (χ3n) is 2.29. The topological polar surface area (TPSA) is 65.3 Å². The van der Waals surface area contributed by atoms with Gasteiger partial charge in [-0.25, -0.2) is 0 Å². The van der Waals surface area contributed by atoms with E-state index in [1.54, 1.807) is 31.5 Å². The molecule has 0 radical (unpaired) electrons. The molecular weight excluding hydrogens is 208 g/mol. The molecule has 1 aromatic carbocycles. The second-order valence-corrected chi connectivity index (χ2v) is 3.36. The molecule has 2 aromatic rings. The van der Waals surface area contributed by atoms with Gasteiger partial charge in [-0.05, 0) is 6.07 Å². The van der Waals surface area contributed by atoms with Crippen molar-refractivity contribution >= 4 is 16.5 Å². The molecule has 5 heteroatoms. The van der Waals surface area contributed by atoms with E-state index in [-0.39, 0.29) is 10.6 Å². The molecule has 0 aliphatic heterocycles. The molecule has 82 valence electrons. The quantitative estimate of drug-likeness (QED) is 0.585. The van der Waals surface area contributed by atoms with Gasteiger partial charge >= 0.3 is 0 Å². The number of nitro groups is 1. The lowest BCUT2D eigenvalue weighted by atomic mass is 10.1. The summed E-state index contributed by atoms with van der Waals surface area (Å²) < 4.78 is 4.94. The summed E-state index contributed by atoms with van der Waals surface area (Å²) in [4.78, 5) is 14.6. The predicted octanol–water partition coefficient (Wildman–Crippen LogP) is 2.29. The Kier molecular flexibility index (Phi) is 2.78. The van der Waals surface area contributed by atoms with E-state index >= 15 is 0 Å². The minimum atomic E-state index is -0.390. The first-order valence-electron chi connectivity index (χ1n) is 4.73. The van der Waals surface area contributed by atoms with Gasteiger partial charge in [0, 0.05) is 24.8 Å². The molecule has 0 spiro atoms. The van der Waals surface area contributed by atoms with E-state index in [1.807, 2.05) is 0 Å². The van der Waals surface area contributed by atoms with Gasteiger partial charge in [0.15, 0.2) is 0 Å². The minimum Gasteiger partial charge on any atom is -0.378 e. The van der Waals surface area contributed by atoms with Crippen molar-refractivity contribution in [2.75, 3.05) is 7.11 Å². The number of benzene rings is 1. The van der Waals surface area contributed by atoms with Crippen LogP contribution in [0.3, 0.4) is 0 Å². The van der Waals surface area contributed by atoms with Gasteiger partial charge in [-0.2, -0.15) is 0 Å². The Balaban J connectivity index is 2.63. The number of ether oxygens (including phenoxy) is 1. The molecule has 0 aliphatic rings. The van der Waals surface area contributed by atoms with E-state index < -0.39 is 0 Å². The van der Waals surface area contributed by atoms with Gasteiger partial charge in [0.2, 0.25) is 0 Å². The largest absolute Gasteiger partial charge is 0.378 e. The zero-order chi connectivity index (χ0) is 11.5. The third-order valence-corrected chi connectivity index (χ3v) is 2.29. The molecule has 0 saturated carbocycles. The van der Waals surface area contributed by atoms with Crippen LogP contribution in [0.25, 0.3) is 10.8 Å². The van der Waals surface area contributed by atoms with Crippen molar-refractivity contribution in [3.63, 3.8) is 0 Å². The fourth-order valence-electron chi connectivity index (χ4n) is 1.58. The summed E-state index contributed by atoms with van der Waals surface area (Å²) >= 11 is 0. The van der Waals surface area contributed by atoms with Crippen molar-refractivity contribution in [2.24, 2.45) is 0 Å². The van der Waals surface area contributed by atoms with Crippen molar-refractivity contribution in [3.05, 3.63) is 46.3 Å². The molecular formula is C11H10N2O3. The van der Waals surface area contributed by atoms with Gasteiger partial charge in [0.1, 0.15) is 0 Å². The zero-order valence-corrected chi connectivity index (χ0v) is 8.71. The Hall–Kier alpha value is -2.01. The first kappa shape index (κ1) is 10.5. The summed E-state index contributed by atoms with van der Waals surface area (Å²) in [5, 5.41) is 12.2. The van der Waals surface area contributed by atoms with Crippen LogP contribution in [0.4, 0.5) is 5.69 Å². The van der Waals surface area contributed by atoms with Crippen LogP contribution in [0.2, 0.25) is 0 Å². The van der Waals surface area contributed by atoms with Crippen LogP contribution in [0.1, 0.15) is 5.69 Å². The molecule has 0 atom stereocenters. The van der Waals surface area contributed by atoms with Gasteiger partial charge in [-0.15, -0.1) is 0 Å². The number of nitro benzene ring substituents is 1. The molecule has 0 N–H and O–H groups in total. The van der Waals surface area contributed by atoms with E-state index in [0.29, 0.717) is 17.7 Å². The highest BCUT2D eigenvalue weighted by atomic mass is 16.6. The van der Waals surface area contributed by atoms with Crippen LogP contribution >= 0.6 is 0 Å². The van der Waals surface area contributed by atoms with E-state index in [9.17, 15) is 10.1 Å². The third kappa shape index (κ3) is 1.85. The van der Waals surface area contributed by atoms with E-state index in [2.05, 4.69) is 4.98 Å². The highest BCUT2D eigenvalue weighted by Crippen LogP contribution is 2.25. The minimum absolute atomic E-state index is 0.0947. The van der Waals surface area contributed by atoms with Crippen molar-refractivity contribution in [1.82, 2.24) is 4.98 Å². The number of pyridine rings is 1. The number of non-ortho nitro benzene ring substituents is 1. The molecule has 1 heterocycles. The average Bonchev–Trinajstić information content (AvgIpc) is 2.28. The molecule has 0 fully saturated rings. The lowest BCUT2D eigenvalue weighted by Crippen LogP contribution is -1.94. The number of methoxy groups -OCH3 is 1. The first-order chi connectivity index (χ1) is 7.72. The number of hydrogen-bond donors (Lipinski definition) is 0. The molecule has 0 amide bonds. The Bertz CT molecular complexity index is 540. The fraction of sp³-hybridized carbons (Fsp3) is 0.182. The molecule has 0 saturated heterocycles. The van der Waals surface area contributed by atoms with Crippen LogP contribution < -0.4 is 0 Å². The second kappa shape index (κ2) is 4.24. The summed E-state index contributed by atoms with van der Waals surface area (Å²) in [7, 11) is 1.56. The Morgan fingerprint density at radius 2 is 2.31 bits per heavy atom. The molecule has 2 rings (SSSR count). The van der Waals surface area contributed by atoms with E-state index in [0.717, 1.165) is 5.39 Å². The summed E-state index contributed by atoms with van der Waals surface area (Å²) in [6.07, 6.45) is 1.62. The number of nitrogens with zero attached hydrogens (tertiary/aromatic N) is 2. The Morgan fingerprint density at radius 3 is 3.00 bits per heavy atom. The number of fused-ring (bicyclic) bond motifs is 1. The van der Waals surface area contributed by atoms with Gasteiger partial charge in [-0.1, -0.05) is 12.1 Å². The summed E-state index contributed by atoms with van der Waals surface area (Å²) in [6, 6.07) is 6.62. The van der Waals surface area contributed by atoms with Gasteiger partial charge in [0.05, 0.1) is 22.6 Å². The molecule has 0 aliphatic carbocycles. The normalized spacial score (nSPS) is 10.6. The van der Waals surface area contributed by atoms with Crippen LogP contribution in [0.15, 0.2) is 30.5 Å². The summed E-state index contributed by atoms with van der Waals surface area (Å²) in [6.45, 7) is 0.349. The maximum atomic E-state index is 10.8. The van der Waals surface area contributed by atoms with Crippen molar-refractivity contribution in [1.29, 1.82) is 0 Å². The maximum absolute atomic E-state index is 10.8. The van der Waals surface area contributed by atoms with Crippen LogP contribution in [0.5, 0.6) is 0 Å². The average molecular weight is 218 g/mol. The van der Waals surface area contributed by atoms with E-state index in [4.69, 9.17) is 4.74 Å². The monoisotopic (exact) mass is 218 g/mol. The van der Waals surface area contributed by atoms with Gasteiger partial charge in [-0.3, -0.25) is 15.1 Å². The van der Waals surface area contributed by atoms with Crippen molar-refractivity contribution in [3.8, 4) is 0 Å². The van der Waals surface area contributed by atoms with Crippen LogP contribution in [-0.4, -0.2) is 17.0 Å². The van der Waals surface area contributed by atoms with Gasteiger partial charge < -0.3 is 4.74 Å². The lowest BCUT2D eigenvalue weighted by Gasteiger charge is -2.02. The maximum Gasteiger partial charge on any atom is 0.277 e. The summed E-state index contributed by atoms with van der Waals surface area (Å²) in [5.41, 5.74) is 0.779. The van der Waals surface area contributed by atoms with E-state index in [1.165, 1.54) is 6.07 Å². The SMILES string of the molecule is COCc1cc2c([N+](=O)[O-])cccc2cn1. The standard InChI is InChI=1S/C11H10N2O3/c1-16-7-9-5-10-8(6-12-9)3-2-4-11(10)13(14)15/h2-6H,7H2,1H3. The van der Waals surface area contributed by atoms with Gasteiger partial charge in [0.25, 0.3) is 5.69 Å². The lowest BCUT2D eigenvalue weighted by molar-refractivity contribution is -0.383. The highest BCUT2D eigenvalue weighted by Gasteiger charge is 2.11. The molecule has 5 nitrogen and oxygen atoms in total. The molecule has 1 aromatic heterocycles. The number of rotatable bonds is 3. The van der Waals surface area contributed by atoms with Crippen molar-refractivity contribution in [2.45, 2.75) is 6.61 Å². The molecule has 16 heavy (non-hydrogen) atoms. The molecule has 0 unspecified atom stereocenters. The van der Waals surface area contributed by atoms with Crippen LogP contribution in [-0.2, 0) is 11.3 Å². The number of aromatic nitrogens is 1. The van der Waals surface area contributed by atoms with Crippen LogP contribution in [0, 0.1) is 10.1 Å². The smallest absolute Gasteiger partial charge is 0.277 e. The Labute approximate surface area is 91.8 Å². The molecule has 0 bridgehead atoms. The first-order valence-corrected chi connectivity index (χ1v) is 4.73. The second-order valence-electron chi connectivity index (χ2n) is 3.36. The zero-order valence-electron chi connectivity index (χ0n) is 8.71.